The lowest BCUT2D eigenvalue weighted by Crippen LogP contribution is -2.47. The van der Waals surface area contributed by atoms with E-state index in [4.69, 9.17) is 34.5 Å². The standard InChI is InChI=1S/C16H19F2N5O2.C12H11F2N5O4/c1-5-15(17)9(4)16(18,6-2)25-13(15)23-8-20-10-11(23)21-14(19-7-3)22-12(10)24;1-2-11(13)8(22)12(14,3-20)23-9(11)19-4-16-5-6(19)17-10(15)18-7(5)21/h1,8-9,13H,6-7H2,2-4H3,(H2,19,21,22,24);1,4,8-9,20,22H,3H2,(H3,15,17,18,21)/t9-,13+,15+,16+;8-,9+,11+,12+/m00/s1/i3T;. The van der Waals surface area contributed by atoms with Gasteiger partial charge >= 0.3 is 0 Å². The third-order valence-electron chi connectivity index (χ3n) is 8.24. The Bertz CT molecular complexity index is 2100. The quantitative estimate of drug-likeness (QED) is 0.122. The number of halogens is 4. The minimum Gasteiger partial charge on any atom is -0.390 e. The van der Waals surface area contributed by atoms with E-state index in [1.54, 1.807) is 5.92 Å². The van der Waals surface area contributed by atoms with Gasteiger partial charge in [0, 0.05) is 14.3 Å². The minimum atomic E-state index is -3.13. The molecule has 4 aromatic heterocycles. The fourth-order valence-corrected chi connectivity index (χ4v) is 5.48. The highest BCUT2D eigenvalue weighted by atomic mass is 19.2. The van der Waals surface area contributed by atoms with Gasteiger partial charge in [-0.05, 0) is 6.90 Å². The van der Waals surface area contributed by atoms with Crippen LogP contribution in [0.3, 0.4) is 0 Å². The number of alkyl halides is 4. The van der Waals surface area contributed by atoms with Gasteiger partial charge in [-0.25, -0.2) is 27.5 Å². The molecule has 2 saturated heterocycles. The summed E-state index contributed by atoms with van der Waals surface area (Å²) >= 11 is 0. The zero-order valence-corrected chi connectivity index (χ0v) is 25.2. The van der Waals surface area contributed by atoms with Crippen molar-refractivity contribution in [2.24, 2.45) is 5.92 Å². The maximum absolute atomic E-state index is 15.5. The first-order valence-corrected chi connectivity index (χ1v) is 14.1. The summed E-state index contributed by atoms with van der Waals surface area (Å²) in [5, 5.41) is 21.6. The number of H-pyrrole nitrogens is 2. The SMILES string of the molecule is C#C[C@]1(F)[C@H](n2cnc3c(=O)[nH]c(N)nc32)O[C@](F)(CO)[C@H]1O.[3H]CCNc1nc2c(ncn2[C@@H]2O[C@](F)(CC)[C@@H](C)[C@]2(F)C#C)c(=O)[nH]1. The first-order chi connectivity index (χ1) is 23.1. The molecule has 6 heterocycles. The summed E-state index contributed by atoms with van der Waals surface area (Å²) in [7, 11) is 0. The molecule has 48 heavy (non-hydrogen) atoms. The predicted octanol–water partition coefficient (Wildman–Crippen LogP) is 0.725. The molecule has 0 aromatic carbocycles. The molecular weight excluding hydrogens is 648 g/mol. The summed E-state index contributed by atoms with van der Waals surface area (Å²) in [5.41, 5.74) is -1.80. The van der Waals surface area contributed by atoms with Crippen LogP contribution in [0.4, 0.5) is 29.5 Å². The van der Waals surface area contributed by atoms with E-state index in [-0.39, 0.29) is 54.1 Å². The number of nitrogens with zero attached hydrogens (tertiary/aromatic N) is 6. The topological polar surface area (TPSA) is 224 Å². The van der Waals surface area contributed by atoms with Crippen molar-refractivity contribution in [1.29, 1.82) is 0 Å². The fraction of sp³-hybridized carbons (Fsp3) is 0.500. The highest BCUT2D eigenvalue weighted by Gasteiger charge is 2.66. The van der Waals surface area contributed by atoms with E-state index < -0.39 is 65.3 Å². The number of hydrogen-bond acceptors (Lipinski definition) is 12. The van der Waals surface area contributed by atoms with Gasteiger partial charge < -0.3 is 30.7 Å². The van der Waals surface area contributed by atoms with E-state index in [2.05, 4.69) is 35.2 Å². The molecule has 7 N–H and O–H groups in total. The van der Waals surface area contributed by atoms with E-state index in [0.29, 0.717) is 0 Å². The van der Waals surface area contributed by atoms with Gasteiger partial charge in [0.25, 0.3) is 17.0 Å². The number of hydrogen-bond donors (Lipinski definition) is 6. The van der Waals surface area contributed by atoms with Crippen LogP contribution < -0.4 is 22.2 Å². The minimum absolute atomic E-state index is 0.0102. The molecule has 0 saturated carbocycles. The van der Waals surface area contributed by atoms with Gasteiger partial charge in [-0.2, -0.15) is 9.97 Å². The summed E-state index contributed by atoms with van der Waals surface area (Å²) in [6.07, 6.45) is 6.56. The van der Waals surface area contributed by atoms with E-state index in [0.717, 1.165) is 21.8 Å². The molecule has 16 nitrogen and oxygen atoms in total. The van der Waals surface area contributed by atoms with Crippen LogP contribution in [0.1, 0.15) is 41.0 Å². The van der Waals surface area contributed by atoms with Crippen LogP contribution >= 0.6 is 0 Å². The summed E-state index contributed by atoms with van der Waals surface area (Å²) in [6.45, 7) is 1.87. The summed E-state index contributed by atoms with van der Waals surface area (Å²) in [4.78, 5) is 44.2. The number of aliphatic hydroxyl groups is 2. The van der Waals surface area contributed by atoms with Gasteiger partial charge in [-0.15, -0.1) is 12.8 Å². The van der Waals surface area contributed by atoms with Gasteiger partial charge in [-0.3, -0.25) is 28.7 Å². The van der Waals surface area contributed by atoms with Crippen LogP contribution in [0.5, 0.6) is 0 Å². The summed E-state index contributed by atoms with van der Waals surface area (Å²) < 4.78 is 79.0. The molecular formula is C28H30F4N10O6. The number of fused-ring (bicyclic) bond motifs is 2. The maximum atomic E-state index is 15.5. The highest BCUT2D eigenvalue weighted by Crippen LogP contribution is 2.53. The third kappa shape index (κ3) is 5.04. The van der Waals surface area contributed by atoms with Gasteiger partial charge in [0.15, 0.2) is 40.9 Å². The molecule has 2 aliphatic rings. The lowest BCUT2D eigenvalue weighted by atomic mass is 9.86. The largest absolute Gasteiger partial charge is 0.390 e. The summed E-state index contributed by atoms with van der Waals surface area (Å²) in [5.74, 6) is -3.17. The fourth-order valence-electron chi connectivity index (χ4n) is 5.48. The van der Waals surface area contributed by atoms with Crippen molar-refractivity contribution < 1.29 is 38.6 Å². The van der Waals surface area contributed by atoms with Crippen LogP contribution in [-0.4, -0.2) is 91.6 Å². The second-order valence-electron chi connectivity index (χ2n) is 10.9. The molecule has 20 heteroatoms. The number of aromatic amines is 2. The molecule has 0 amide bonds. The highest BCUT2D eigenvalue weighted by molar-refractivity contribution is 5.71. The number of terminal acetylenes is 2. The number of ether oxygens (including phenoxy) is 2. The van der Waals surface area contributed by atoms with Crippen molar-refractivity contribution in [3.8, 4) is 24.7 Å². The smallest absolute Gasteiger partial charge is 0.280 e. The number of nitrogen functional groups attached to an aromatic ring is 1. The Morgan fingerprint density at radius 1 is 1.02 bits per heavy atom. The van der Waals surface area contributed by atoms with Crippen LogP contribution in [-0.2, 0) is 9.47 Å². The van der Waals surface area contributed by atoms with Gasteiger partial charge in [-0.1, -0.05) is 25.7 Å². The molecule has 0 unspecified atom stereocenters. The molecule has 0 bridgehead atoms. The number of rotatable bonds is 6. The Balaban J connectivity index is 0.000000192. The van der Waals surface area contributed by atoms with E-state index >= 15 is 4.39 Å². The van der Waals surface area contributed by atoms with Crippen molar-refractivity contribution in [2.45, 2.75) is 68.8 Å². The van der Waals surface area contributed by atoms with Crippen molar-refractivity contribution in [2.75, 3.05) is 24.2 Å². The molecule has 2 fully saturated rings. The number of aliphatic hydroxyl groups excluding tert-OH is 2. The number of anilines is 2. The number of imidazole rings is 2. The monoisotopic (exact) mass is 680 g/mol. The third-order valence-corrected chi connectivity index (χ3v) is 8.24. The average molecular weight is 681 g/mol. The number of nitrogens with two attached hydrogens (primary N) is 1. The zero-order chi connectivity index (χ0) is 36.1. The molecule has 0 aliphatic carbocycles. The van der Waals surface area contributed by atoms with Crippen LogP contribution in [0.25, 0.3) is 22.3 Å². The lowest BCUT2D eigenvalue weighted by molar-refractivity contribution is -0.206. The van der Waals surface area contributed by atoms with Gasteiger partial charge in [0.2, 0.25) is 29.1 Å². The van der Waals surface area contributed by atoms with Gasteiger partial charge in [0.1, 0.15) is 6.61 Å². The van der Waals surface area contributed by atoms with Gasteiger partial charge in [0.05, 0.1) is 18.6 Å². The van der Waals surface area contributed by atoms with E-state index in [9.17, 15) is 27.9 Å². The summed E-state index contributed by atoms with van der Waals surface area (Å²) in [6, 6.07) is 0. The molecule has 256 valence electrons. The number of aromatic nitrogens is 8. The lowest BCUT2D eigenvalue weighted by Gasteiger charge is -2.24. The van der Waals surface area contributed by atoms with Crippen molar-refractivity contribution >= 4 is 34.2 Å². The zero-order valence-electron chi connectivity index (χ0n) is 26.2. The second kappa shape index (κ2) is 11.9. The van der Waals surface area contributed by atoms with Crippen molar-refractivity contribution in [3.63, 3.8) is 0 Å². The van der Waals surface area contributed by atoms with Crippen LogP contribution in [0.15, 0.2) is 22.2 Å². The van der Waals surface area contributed by atoms with E-state index in [1.807, 2.05) is 5.92 Å². The molecule has 4 aromatic rings. The number of nitrogens with one attached hydrogen (secondary N) is 3. The predicted molar refractivity (Wildman–Crippen MR) is 161 cm³/mol. The molecule has 8 atom stereocenters. The van der Waals surface area contributed by atoms with Crippen molar-refractivity contribution in [3.05, 3.63) is 33.4 Å². The molecule has 6 rings (SSSR count). The van der Waals surface area contributed by atoms with Crippen LogP contribution in [0.2, 0.25) is 0 Å². The first kappa shape index (κ1) is 32.9. The van der Waals surface area contributed by atoms with Crippen LogP contribution in [0, 0.1) is 30.6 Å². The second-order valence-corrected chi connectivity index (χ2v) is 10.9. The Morgan fingerprint density at radius 3 is 2.10 bits per heavy atom. The molecule has 0 radical (unpaired) electrons. The first-order valence-electron chi connectivity index (χ1n) is 14.9. The Kier molecular flexibility index (Phi) is 8.15. The average Bonchev–Trinajstić information content (AvgIpc) is 3.80. The molecule has 0 spiro atoms. The Hall–Kier alpha value is -5.02. The Labute approximate surface area is 269 Å². The van der Waals surface area contributed by atoms with Crippen molar-refractivity contribution in [1.82, 2.24) is 39.0 Å². The normalized spacial score (nSPS) is 33.2. The molecule has 2 aliphatic heterocycles. The maximum Gasteiger partial charge on any atom is 0.280 e. The van der Waals surface area contributed by atoms with E-state index in [1.165, 1.54) is 13.8 Å². The Morgan fingerprint density at radius 2 is 1.56 bits per heavy atom.